The Bertz CT molecular complexity index is 3130. The Hall–Kier alpha value is -6.20. The molecule has 0 unspecified atom stereocenters. The van der Waals surface area contributed by atoms with E-state index in [0.717, 1.165) is 50.1 Å². The van der Waals surface area contributed by atoms with E-state index in [0.29, 0.717) is 0 Å². The van der Waals surface area contributed by atoms with Crippen LogP contribution < -0.4 is 4.90 Å². The molecule has 0 amide bonds. The van der Waals surface area contributed by atoms with Crippen LogP contribution in [-0.4, -0.2) is 0 Å². The van der Waals surface area contributed by atoms with E-state index >= 15 is 0 Å². The molecule has 0 aliphatic rings. The largest absolute Gasteiger partial charge is 0.453 e. The monoisotopic (exact) mass is 699 g/mol. The zero-order valence-corrected chi connectivity index (χ0v) is 29.5. The summed E-state index contributed by atoms with van der Waals surface area (Å²) in [7, 11) is 0. The van der Waals surface area contributed by atoms with Crippen molar-refractivity contribution < 1.29 is 4.42 Å². The van der Waals surface area contributed by atoms with Gasteiger partial charge in [0.05, 0.1) is 5.69 Å². The number of rotatable bonds is 5. The first-order chi connectivity index (χ1) is 25.8. The molecule has 3 heterocycles. The van der Waals surface area contributed by atoms with Crippen molar-refractivity contribution in [2.45, 2.75) is 0 Å². The summed E-state index contributed by atoms with van der Waals surface area (Å²) in [5.41, 5.74) is 9.63. The summed E-state index contributed by atoms with van der Waals surface area (Å²) in [5, 5.41) is 7.40. The number of anilines is 3. The van der Waals surface area contributed by atoms with E-state index in [1.165, 1.54) is 51.5 Å². The smallest absolute Gasteiger partial charge is 0.159 e. The lowest BCUT2D eigenvalue weighted by Gasteiger charge is -2.26. The predicted octanol–water partition coefficient (Wildman–Crippen LogP) is 15.1. The Morgan fingerprint density at radius 1 is 0.365 bits per heavy atom. The van der Waals surface area contributed by atoms with Crippen molar-refractivity contribution in [3.63, 3.8) is 0 Å². The molecular weight excluding hydrogens is 671 g/mol. The van der Waals surface area contributed by atoms with E-state index in [2.05, 4.69) is 181 Å². The second-order valence-corrected chi connectivity index (χ2v) is 15.4. The average Bonchev–Trinajstić information content (AvgIpc) is 3.90. The van der Waals surface area contributed by atoms with Gasteiger partial charge in [0.15, 0.2) is 5.58 Å². The van der Waals surface area contributed by atoms with Crippen LogP contribution >= 0.6 is 22.7 Å². The first-order valence-corrected chi connectivity index (χ1v) is 19.1. The molecule has 52 heavy (non-hydrogen) atoms. The van der Waals surface area contributed by atoms with Crippen LogP contribution in [-0.2, 0) is 0 Å². The highest BCUT2D eigenvalue weighted by Gasteiger charge is 2.22. The number of para-hydroxylation sites is 2. The summed E-state index contributed by atoms with van der Waals surface area (Å²) < 4.78 is 12.2. The molecule has 8 aromatic carbocycles. The van der Waals surface area contributed by atoms with Gasteiger partial charge in [-0.25, -0.2) is 0 Å². The number of nitrogens with zero attached hydrogens (tertiary/aromatic N) is 1. The molecule has 0 N–H and O–H groups in total. The van der Waals surface area contributed by atoms with E-state index in [1.807, 2.05) is 22.7 Å². The Balaban J connectivity index is 1.13. The lowest BCUT2D eigenvalue weighted by Crippen LogP contribution is -2.10. The summed E-state index contributed by atoms with van der Waals surface area (Å²) in [4.78, 5) is 2.36. The van der Waals surface area contributed by atoms with E-state index in [-0.39, 0.29) is 0 Å². The molecule has 0 atom stereocenters. The Morgan fingerprint density at radius 3 is 1.79 bits per heavy atom. The standard InChI is InChI=1S/C48H29NOS2/c1-2-11-30(12-3-1)35-16-8-17-37-38-18-9-19-41(48(38)50-47(35)37)49(33-27-28-44-40(29-33)36-13-4-6-20-42(36)51-44)32-25-23-31(24-26-32)34-15-10-22-45-46(34)39-14-5-7-21-43(39)52-45/h1-29H. The zero-order valence-electron chi connectivity index (χ0n) is 27.9. The molecule has 11 aromatic rings. The first-order valence-electron chi connectivity index (χ1n) is 17.5. The third kappa shape index (κ3) is 4.55. The molecule has 0 radical (unpaired) electrons. The van der Waals surface area contributed by atoms with E-state index in [1.54, 1.807) is 0 Å². The minimum atomic E-state index is 0.870. The van der Waals surface area contributed by atoms with Crippen LogP contribution in [0.3, 0.4) is 0 Å². The van der Waals surface area contributed by atoms with Gasteiger partial charge in [-0.05, 0) is 71.3 Å². The Kier molecular flexibility index (Phi) is 6.63. The number of benzene rings is 8. The normalized spacial score (nSPS) is 11.8. The minimum absolute atomic E-state index is 0.870. The SMILES string of the molecule is c1ccc(-c2cccc3c2oc2c(N(c4ccc(-c5cccc6sc7ccccc7c56)cc4)c4ccc5sc6ccccc6c5c4)cccc23)cc1. The van der Waals surface area contributed by atoms with Gasteiger partial charge in [0.2, 0.25) is 0 Å². The molecule has 11 rings (SSSR count). The number of thiophene rings is 2. The van der Waals surface area contributed by atoms with Crippen LogP contribution in [0.25, 0.3) is 84.5 Å². The maximum Gasteiger partial charge on any atom is 0.159 e. The van der Waals surface area contributed by atoms with Gasteiger partial charge in [-0.1, -0.05) is 121 Å². The van der Waals surface area contributed by atoms with Crippen LogP contribution in [0.1, 0.15) is 0 Å². The van der Waals surface area contributed by atoms with Crippen LogP contribution in [0.2, 0.25) is 0 Å². The number of hydrogen-bond donors (Lipinski definition) is 0. The van der Waals surface area contributed by atoms with Crippen molar-refractivity contribution in [3.05, 3.63) is 176 Å². The van der Waals surface area contributed by atoms with Crippen LogP contribution in [0, 0.1) is 0 Å². The molecule has 0 aliphatic carbocycles. The molecule has 4 heteroatoms. The molecule has 0 bridgehead atoms. The summed E-state index contributed by atoms with van der Waals surface area (Å²) in [6.07, 6.45) is 0. The lowest BCUT2D eigenvalue weighted by molar-refractivity contribution is 0.670. The molecule has 3 aromatic heterocycles. The Morgan fingerprint density at radius 2 is 0.942 bits per heavy atom. The summed E-state index contributed by atoms with van der Waals surface area (Å²) in [5.74, 6) is 0. The van der Waals surface area contributed by atoms with Crippen LogP contribution in [0.5, 0.6) is 0 Å². The first kappa shape index (κ1) is 29.5. The van der Waals surface area contributed by atoms with E-state index < -0.39 is 0 Å². The topological polar surface area (TPSA) is 16.4 Å². The second-order valence-electron chi connectivity index (χ2n) is 13.2. The van der Waals surface area contributed by atoms with Gasteiger partial charge in [-0.3, -0.25) is 0 Å². The van der Waals surface area contributed by atoms with Crippen LogP contribution in [0.4, 0.5) is 17.1 Å². The fraction of sp³-hybridized carbons (Fsp3) is 0. The second kappa shape index (κ2) is 11.7. The quantitative estimate of drug-likeness (QED) is 0.178. The van der Waals surface area contributed by atoms with Gasteiger partial charge in [-0.2, -0.15) is 0 Å². The highest BCUT2D eigenvalue weighted by Crippen LogP contribution is 2.47. The van der Waals surface area contributed by atoms with Crippen LogP contribution in [0.15, 0.2) is 180 Å². The summed E-state index contributed by atoms with van der Waals surface area (Å²) >= 11 is 3.70. The Labute approximate surface area is 308 Å². The van der Waals surface area contributed by atoms with Crippen molar-refractivity contribution in [2.75, 3.05) is 4.90 Å². The van der Waals surface area contributed by atoms with Gasteiger partial charge in [0.1, 0.15) is 5.58 Å². The minimum Gasteiger partial charge on any atom is -0.453 e. The average molecular weight is 700 g/mol. The van der Waals surface area contributed by atoms with Gasteiger partial charge >= 0.3 is 0 Å². The maximum absolute atomic E-state index is 6.97. The van der Waals surface area contributed by atoms with E-state index in [9.17, 15) is 0 Å². The van der Waals surface area contributed by atoms with Crippen molar-refractivity contribution >= 4 is 102 Å². The lowest BCUT2D eigenvalue weighted by atomic mass is 9.99. The molecule has 0 spiro atoms. The fourth-order valence-electron chi connectivity index (χ4n) is 7.91. The molecule has 2 nitrogen and oxygen atoms in total. The highest BCUT2D eigenvalue weighted by molar-refractivity contribution is 7.26. The van der Waals surface area contributed by atoms with Crippen molar-refractivity contribution in [3.8, 4) is 22.3 Å². The van der Waals surface area contributed by atoms with Gasteiger partial charge in [0.25, 0.3) is 0 Å². The summed E-state index contributed by atoms with van der Waals surface area (Å²) in [6.45, 7) is 0. The van der Waals surface area contributed by atoms with E-state index in [4.69, 9.17) is 4.42 Å². The van der Waals surface area contributed by atoms with Gasteiger partial charge < -0.3 is 9.32 Å². The molecule has 244 valence electrons. The maximum atomic E-state index is 6.97. The third-order valence-electron chi connectivity index (χ3n) is 10.3. The molecular formula is C48H29NOS2. The van der Waals surface area contributed by atoms with Crippen molar-refractivity contribution in [2.24, 2.45) is 0 Å². The third-order valence-corrected chi connectivity index (χ3v) is 12.6. The number of fused-ring (bicyclic) bond motifs is 9. The van der Waals surface area contributed by atoms with Crippen molar-refractivity contribution in [1.82, 2.24) is 0 Å². The number of furan rings is 1. The molecule has 0 aliphatic heterocycles. The van der Waals surface area contributed by atoms with Gasteiger partial charge in [0, 0.05) is 68.1 Å². The molecule has 0 fully saturated rings. The molecule has 0 saturated carbocycles. The number of hydrogen-bond acceptors (Lipinski definition) is 4. The van der Waals surface area contributed by atoms with Gasteiger partial charge in [-0.15, -0.1) is 22.7 Å². The highest BCUT2D eigenvalue weighted by atomic mass is 32.1. The zero-order chi connectivity index (χ0) is 34.2. The molecule has 0 saturated heterocycles. The van der Waals surface area contributed by atoms with Crippen molar-refractivity contribution in [1.29, 1.82) is 0 Å². The fourth-order valence-corrected chi connectivity index (χ4v) is 10.1. The predicted molar refractivity (Wildman–Crippen MR) is 225 cm³/mol. The summed E-state index contributed by atoms with van der Waals surface area (Å²) in [6, 6.07) is 63.6.